The van der Waals surface area contributed by atoms with Gasteiger partial charge in [0.15, 0.2) is 0 Å². The number of hydrogen-bond donors (Lipinski definition) is 0. The van der Waals surface area contributed by atoms with E-state index >= 15 is 0 Å². The van der Waals surface area contributed by atoms with E-state index in [1.807, 2.05) is 47.7 Å². The summed E-state index contributed by atoms with van der Waals surface area (Å²) < 4.78 is 11.2. The van der Waals surface area contributed by atoms with Gasteiger partial charge in [-0.2, -0.15) is 0 Å². The minimum absolute atomic E-state index is 0.360. The summed E-state index contributed by atoms with van der Waals surface area (Å²) in [5, 5.41) is 0. The second-order valence-corrected chi connectivity index (χ2v) is 9.24. The van der Waals surface area contributed by atoms with Crippen molar-refractivity contribution in [2.45, 2.75) is 65.2 Å². The first-order valence-corrected chi connectivity index (χ1v) is 12.7. The zero-order valence-electron chi connectivity index (χ0n) is 19.3. The zero-order valence-corrected chi connectivity index (χ0v) is 20.1. The molecule has 3 nitrogen and oxygen atoms in total. The molecule has 3 rings (SSSR count). The molecule has 1 aromatic heterocycles. The average Bonchev–Trinajstić information content (AvgIpc) is 3.29. The van der Waals surface area contributed by atoms with Crippen LogP contribution in [0.2, 0.25) is 0 Å². The number of esters is 1. The number of aryl methyl sites for hydroxylation is 1. The summed E-state index contributed by atoms with van der Waals surface area (Å²) in [7, 11) is 0. The summed E-state index contributed by atoms with van der Waals surface area (Å²) in [6.07, 6.45) is 9.68. The lowest BCUT2D eigenvalue weighted by atomic mass is 10.1. The quantitative estimate of drug-likeness (QED) is 0.149. The summed E-state index contributed by atoms with van der Waals surface area (Å²) in [4.78, 5) is 15.2. The molecular formula is C28H34O3S. The van der Waals surface area contributed by atoms with Crippen molar-refractivity contribution in [2.24, 2.45) is 0 Å². The first kappa shape index (κ1) is 24.1. The van der Waals surface area contributed by atoms with Gasteiger partial charge >= 0.3 is 5.97 Å². The van der Waals surface area contributed by atoms with E-state index in [1.54, 1.807) is 12.1 Å². The maximum atomic E-state index is 12.5. The molecule has 0 amide bonds. The molecule has 0 radical (unpaired) electrons. The molecule has 0 unspecified atom stereocenters. The van der Waals surface area contributed by atoms with E-state index in [0.717, 1.165) is 30.6 Å². The Kier molecular flexibility index (Phi) is 9.83. The monoisotopic (exact) mass is 450 g/mol. The first-order chi connectivity index (χ1) is 15.7. The summed E-state index contributed by atoms with van der Waals surface area (Å²) in [5.74, 6) is 0.971. The van der Waals surface area contributed by atoms with E-state index < -0.39 is 0 Å². The van der Waals surface area contributed by atoms with Gasteiger partial charge in [0.05, 0.1) is 12.2 Å². The topological polar surface area (TPSA) is 35.5 Å². The smallest absolute Gasteiger partial charge is 0.343 e. The summed E-state index contributed by atoms with van der Waals surface area (Å²) in [6.45, 7) is 5.11. The lowest BCUT2D eigenvalue weighted by Gasteiger charge is -2.08. The molecule has 0 fully saturated rings. The number of hydrogen-bond acceptors (Lipinski definition) is 4. The molecule has 32 heavy (non-hydrogen) atoms. The van der Waals surface area contributed by atoms with E-state index in [1.165, 1.54) is 41.9 Å². The minimum atomic E-state index is -0.360. The Balaban J connectivity index is 1.51. The number of rotatable bonds is 13. The Labute approximate surface area is 196 Å². The van der Waals surface area contributed by atoms with Crippen molar-refractivity contribution >= 4 is 17.3 Å². The van der Waals surface area contributed by atoms with Gasteiger partial charge in [0.1, 0.15) is 11.5 Å². The molecule has 2 aromatic carbocycles. The molecule has 0 saturated heterocycles. The Bertz CT molecular complexity index is 942. The van der Waals surface area contributed by atoms with Crippen LogP contribution in [0.3, 0.4) is 0 Å². The number of ether oxygens (including phenoxy) is 2. The summed E-state index contributed by atoms with van der Waals surface area (Å²) in [6, 6.07) is 19.3. The third kappa shape index (κ3) is 7.52. The predicted octanol–water partition coefficient (Wildman–Crippen LogP) is 8.33. The lowest BCUT2D eigenvalue weighted by Crippen LogP contribution is -2.08. The molecule has 0 saturated carbocycles. The van der Waals surface area contributed by atoms with Crippen LogP contribution in [0.25, 0.3) is 10.4 Å². The van der Waals surface area contributed by atoms with E-state index in [2.05, 4.69) is 26.0 Å². The van der Waals surface area contributed by atoms with Gasteiger partial charge in [-0.05, 0) is 85.5 Å². The van der Waals surface area contributed by atoms with Crippen molar-refractivity contribution in [2.75, 3.05) is 6.61 Å². The van der Waals surface area contributed by atoms with Gasteiger partial charge in [-0.15, -0.1) is 11.3 Å². The van der Waals surface area contributed by atoms with Crippen LogP contribution in [0.1, 0.15) is 74.0 Å². The normalized spacial score (nSPS) is 10.8. The van der Waals surface area contributed by atoms with Crippen LogP contribution in [0, 0.1) is 0 Å². The fourth-order valence-electron chi connectivity index (χ4n) is 3.48. The summed E-state index contributed by atoms with van der Waals surface area (Å²) in [5.41, 5.74) is 1.67. The standard InChI is InChI=1S/C28H34O3S/c1-3-5-7-8-10-26-19-20-27(32-26)22-11-17-25(18-12-22)31-28(29)23-13-15-24(16-14-23)30-21-9-6-4-2/h11-20H,3-10,21H2,1-2H3. The number of benzene rings is 2. The molecule has 170 valence electrons. The Morgan fingerprint density at radius 1 is 0.750 bits per heavy atom. The molecule has 3 aromatic rings. The fraction of sp³-hybridized carbons (Fsp3) is 0.393. The van der Waals surface area contributed by atoms with Gasteiger partial charge in [0.25, 0.3) is 0 Å². The molecule has 1 heterocycles. The highest BCUT2D eigenvalue weighted by atomic mass is 32.1. The summed E-state index contributed by atoms with van der Waals surface area (Å²) >= 11 is 1.85. The van der Waals surface area contributed by atoms with Gasteiger partial charge in [0.2, 0.25) is 0 Å². The first-order valence-electron chi connectivity index (χ1n) is 11.8. The third-order valence-electron chi connectivity index (χ3n) is 5.39. The highest BCUT2D eigenvalue weighted by Crippen LogP contribution is 2.30. The van der Waals surface area contributed by atoms with Crippen molar-refractivity contribution in [1.82, 2.24) is 0 Å². The Morgan fingerprint density at radius 2 is 1.44 bits per heavy atom. The lowest BCUT2D eigenvalue weighted by molar-refractivity contribution is 0.0734. The van der Waals surface area contributed by atoms with Crippen LogP contribution < -0.4 is 9.47 Å². The molecule has 4 heteroatoms. The number of carbonyl (C=O) groups excluding carboxylic acids is 1. The number of thiophene rings is 1. The van der Waals surface area contributed by atoms with Crippen LogP contribution in [-0.2, 0) is 6.42 Å². The van der Waals surface area contributed by atoms with Crippen molar-refractivity contribution < 1.29 is 14.3 Å². The van der Waals surface area contributed by atoms with Gasteiger partial charge in [-0.3, -0.25) is 0 Å². The van der Waals surface area contributed by atoms with E-state index in [-0.39, 0.29) is 5.97 Å². The maximum absolute atomic E-state index is 12.5. The molecule has 0 aliphatic rings. The molecule has 0 bridgehead atoms. The maximum Gasteiger partial charge on any atom is 0.343 e. The van der Waals surface area contributed by atoms with Crippen LogP contribution in [0.4, 0.5) is 0 Å². The van der Waals surface area contributed by atoms with Crippen LogP contribution in [-0.4, -0.2) is 12.6 Å². The molecule has 0 N–H and O–H groups in total. The molecule has 0 aliphatic heterocycles. The van der Waals surface area contributed by atoms with Gasteiger partial charge in [-0.1, -0.05) is 46.0 Å². The predicted molar refractivity (Wildman–Crippen MR) is 134 cm³/mol. The number of carbonyl (C=O) groups is 1. The molecule has 0 atom stereocenters. The second kappa shape index (κ2) is 13.1. The zero-order chi connectivity index (χ0) is 22.6. The van der Waals surface area contributed by atoms with Crippen molar-refractivity contribution in [3.8, 4) is 21.9 Å². The molecular weight excluding hydrogens is 416 g/mol. The van der Waals surface area contributed by atoms with Gasteiger partial charge < -0.3 is 9.47 Å². The Morgan fingerprint density at radius 3 is 2.16 bits per heavy atom. The molecule has 0 aliphatic carbocycles. The minimum Gasteiger partial charge on any atom is -0.494 e. The number of unbranched alkanes of at least 4 members (excludes halogenated alkanes) is 5. The third-order valence-corrected chi connectivity index (χ3v) is 6.59. The van der Waals surface area contributed by atoms with Gasteiger partial charge in [0, 0.05) is 9.75 Å². The largest absolute Gasteiger partial charge is 0.494 e. The Hall–Kier alpha value is -2.59. The van der Waals surface area contributed by atoms with Crippen LogP contribution in [0.5, 0.6) is 11.5 Å². The fourth-order valence-corrected chi connectivity index (χ4v) is 4.53. The van der Waals surface area contributed by atoms with Crippen molar-refractivity contribution in [1.29, 1.82) is 0 Å². The van der Waals surface area contributed by atoms with E-state index in [4.69, 9.17) is 9.47 Å². The highest BCUT2D eigenvalue weighted by molar-refractivity contribution is 7.15. The van der Waals surface area contributed by atoms with E-state index in [9.17, 15) is 4.79 Å². The van der Waals surface area contributed by atoms with Gasteiger partial charge in [-0.25, -0.2) is 4.79 Å². The average molecular weight is 451 g/mol. The highest BCUT2D eigenvalue weighted by Gasteiger charge is 2.10. The van der Waals surface area contributed by atoms with E-state index in [0.29, 0.717) is 17.9 Å². The molecule has 0 spiro atoms. The SMILES string of the molecule is CCCCCCc1ccc(-c2ccc(OC(=O)c3ccc(OCCCCC)cc3)cc2)s1. The van der Waals surface area contributed by atoms with Crippen molar-refractivity contribution in [3.05, 3.63) is 71.1 Å². The van der Waals surface area contributed by atoms with Crippen LogP contribution >= 0.6 is 11.3 Å². The van der Waals surface area contributed by atoms with Crippen molar-refractivity contribution in [3.63, 3.8) is 0 Å². The van der Waals surface area contributed by atoms with Crippen LogP contribution in [0.15, 0.2) is 60.7 Å². The second-order valence-electron chi connectivity index (χ2n) is 8.07.